The minimum absolute atomic E-state index is 0.133. The Kier molecular flexibility index (Phi) is 3.82. The minimum Gasteiger partial charge on any atom is -0.504 e. The number of phenolic OH excluding ortho intramolecular Hbond substituents is 3. The first-order valence-electron chi connectivity index (χ1n) is 4.73. The summed E-state index contributed by atoms with van der Waals surface area (Å²) >= 11 is 0. The molecular weight excluding hydrogens is 214 g/mol. The Labute approximate surface area is 92.1 Å². The average molecular weight is 227 g/mol. The van der Waals surface area contributed by atoms with Gasteiger partial charge in [-0.15, -0.1) is 0 Å². The van der Waals surface area contributed by atoms with E-state index in [1.165, 1.54) is 0 Å². The fourth-order valence-corrected chi connectivity index (χ4v) is 1.03. The Balaban J connectivity index is 2.71. The number of carbonyl (C=O) groups is 1. The third-order valence-corrected chi connectivity index (χ3v) is 1.75. The van der Waals surface area contributed by atoms with E-state index < -0.39 is 23.3 Å². The van der Waals surface area contributed by atoms with Crippen molar-refractivity contribution in [2.45, 2.75) is 13.3 Å². The van der Waals surface area contributed by atoms with E-state index in [0.717, 1.165) is 12.1 Å². The molecule has 0 aliphatic heterocycles. The number of nitrogens with one attached hydrogen (secondary N) is 1. The lowest BCUT2D eigenvalue weighted by Gasteiger charge is -2.08. The van der Waals surface area contributed by atoms with Crippen molar-refractivity contribution in [1.82, 2.24) is 0 Å². The molecule has 88 valence electrons. The van der Waals surface area contributed by atoms with Gasteiger partial charge in [0.15, 0.2) is 17.2 Å². The molecule has 0 fully saturated rings. The topological polar surface area (TPSA) is 99.0 Å². The van der Waals surface area contributed by atoms with Crippen LogP contribution >= 0.6 is 0 Å². The van der Waals surface area contributed by atoms with Gasteiger partial charge in [0.2, 0.25) is 0 Å². The van der Waals surface area contributed by atoms with Crippen LogP contribution < -0.4 is 5.32 Å². The molecule has 4 N–H and O–H groups in total. The molecule has 0 aliphatic rings. The van der Waals surface area contributed by atoms with Gasteiger partial charge in [-0.25, -0.2) is 4.79 Å². The summed E-state index contributed by atoms with van der Waals surface area (Å²) in [6.45, 7) is 2.13. The molecule has 0 saturated heterocycles. The average Bonchev–Trinajstić information content (AvgIpc) is 2.23. The standard InChI is InChI=1S/C10H13NO5/c1-2-3-16-10(15)11-6-4-7(12)9(14)8(13)5-6/h4-5,12-14H,2-3H2,1H3,(H,11,15). The van der Waals surface area contributed by atoms with E-state index >= 15 is 0 Å². The molecule has 0 atom stereocenters. The number of amides is 1. The number of hydrogen-bond acceptors (Lipinski definition) is 5. The fourth-order valence-electron chi connectivity index (χ4n) is 1.03. The first kappa shape index (κ1) is 12.0. The lowest BCUT2D eigenvalue weighted by Crippen LogP contribution is -2.13. The van der Waals surface area contributed by atoms with E-state index in [1.807, 2.05) is 6.92 Å². The normalized spacial score (nSPS) is 9.81. The predicted octanol–water partition coefficient (Wildman–Crippen LogP) is 1.76. The molecule has 0 bridgehead atoms. The quantitative estimate of drug-likeness (QED) is 0.466. The number of rotatable bonds is 3. The summed E-state index contributed by atoms with van der Waals surface area (Å²) in [4.78, 5) is 11.1. The van der Waals surface area contributed by atoms with Gasteiger partial charge in [0.1, 0.15) is 0 Å². The Hall–Kier alpha value is -2.11. The maximum absolute atomic E-state index is 11.1. The molecule has 6 nitrogen and oxygen atoms in total. The highest BCUT2D eigenvalue weighted by Gasteiger charge is 2.10. The zero-order valence-electron chi connectivity index (χ0n) is 8.73. The summed E-state index contributed by atoms with van der Waals surface area (Å²) in [5.41, 5.74) is 0.133. The number of benzene rings is 1. The van der Waals surface area contributed by atoms with Crippen molar-refractivity contribution in [2.75, 3.05) is 11.9 Å². The van der Waals surface area contributed by atoms with E-state index in [4.69, 9.17) is 20.1 Å². The van der Waals surface area contributed by atoms with Crippen molar-refractivity contribution in [3.05, 3.63) is 12.1 Å². The van der Waals surface area contributed by atoms with Crippen molar-refractivity contribution in [3.63, 3.8) is 0 Å². The van der Waals surface area contributed by atoms with Crippen molar-refractivity contribution in [1.29, 1.82) is 0 Å². The SMILES string of the molecule is CCCOC(=O)Nc1cc(O)c(O)c(O)c1. The summed E-state index contributed by atoms with van der Waals surface area (Å²) in [5.74, 6) is -1.68. The maximum Gasteiger partial charge on any atom is 0.411 e. The van der Waals surface area contributed by atoms with Gasteiger partial charge in [0.05, 0.1) is 12.3 Å². The highest BCUT2D eigenvalue weighted by Crippen LogP contribution is 2.37. The number of anilines is 1. The third-order valence-electron chi connectivity index (χ3n) is 1.75. The molecule has 0 aromatic heterocycles. The number of ether oxygens (including phenoxy) is 1. The Morgan fingerprint density at radius 3 is 2.38 bits per heavy atom. The van der Waals surface area contributed by atoms with E-state index in [1.54, 1.807) is 0 Å². The highest BCUT2D eigenvalue weighted by atomic mass is 16.5. The first-order valence-corrected chi connectivity index (χ1v) is 4.73. The minimum atomic E-state index is -0.689. The molecular formula is C10H13NO5. The number of hydrogen-bond donors (Lipinski definition) is 4. The zero-order chi connectivity index (χ0) is 12.1. The van der Waals surface area contributed by atoms with Crippen LogP contribution in [0.1, 0.15) is 13.3 Å². The van der Waals surface area contributed by atoms with Gasteiger partial charge in [-0.3, -0.25) is 5.32 Å². The van der Waals surface area contributed by atoms with Gasteiger partial charge >= 0.3 is 6.09 Å². The fraction of sp³-hybridized carbons (Fsp3) is 0.300. The van der Waals surface area contributed by atoms with Gasteiger partial charge in [0.25, 0.3) is 0 Å². The summed E-state index contributed by atoms with van der Waals surface area (Å²) in [6.07, 6.45) is 0.00537. The van der Waals surface area contributed by atoms with Crippen molar-refractivity contribution < 1.29 is 24.9 Å². The van der Waals surface area contributed by atoms with Crippen molar-refractivity contribution in [2.24, 2.45) is 0 Å². The number of carbonyl (C=O) groups excluding carboxylic acids is 1. The van der Waals surface area contributed by atoms with Crippen LogP contribution in [0.3, 0.4) is 0 Å². The van der Waals surface area contributed by atoms with E-state index in [2.05, 4.69) is 5.32 Å². The van der Waals surface area contributed by atoms with Crippen LogP contribution in [0.15, 0.2) is 12.1 Å². The smallest absolute Gasteiger partial charge is 0.411 e. The predicted molar refractivity (Wildman–Crippen MR) is 56.7 cm³/mol. The van der Waals surface area contributed by atoms with Crippen LogP contribution in [0.2, 0.25) is 0 Å². The zero-order valence-corrected chi connectivity index (χ0v) is 8.73. The first-order chi connectivity index (χ1) is 7.54. The third kappa shape index (κ3) is 2.94. The van der Waals surface area contributed by atoms with Crippen LogP contribution in [0.25, 0.3) is 0 Å². The van der Waals surface area contributed by atoms with Crippen molar-refractivity contribution in [3.8, 4) is 17.2 Å². The molecule has 0 heterocycles. The van der Waals surface area contributed by atoms with E-state index in [0.29, 0.717) is 6.42 Å². The Morgan fingerprint density at radius 2 is 1.88 bits per heavy atom. The molecule has 1 aromatic rings. The van der Waals surface area contributed by atoms with Crippen LogP contribution in [0, 0.1) is 0 Å². The van der Waals surface area contributed by atoms with Crippen LogP contribution in [0.5, 0.6) is 17.2 Å². The second-order valence-electron chi connectivity index (χ2n) is 3.12. The van der Waals surface area contributed by atoms with Gasteiger partial charge < -0.3 is 20.1 Å². The number of aromatic hydroxyl groups is 3. The van der Waals surface area contributed by atoms with Gasteiger partial charge in [0, 0.05) is 12.1 Å². The van der Waals surface area contributed by atoms with Crippen LogP contribution in [-0.4, -0.2) is 28.0 Å². The summed E-state index contributed by atoms with van der Waals surface area (Å²) in [5, 5.41) is 29.7. The van der Waals surface area contributed by atoms with E-state index in [-0.39, 0.29) is 12.3 Å². The second-order valence-corrected chi connectivity index (χ2v) is 3.12. The van der Waals surface area contributed by atoms with Gasteiger partial charge in [-0.05, 0) is 6.42 Å². The molecule has 0 unspecified atom stereocenters. The molecule has 1 amide bonds. The largest absolute Gasteiger partial charge is 0.504 e. The monoisotopic (exact) mass is 227 g/mol. The molecule has 0 radical (unpaired) electrons. The molecule has 1 rings (SSSR count). The molecule has 0 aliphatic carbocycles. The molecule has 16 heavy (non-hydrogen) atoms. The van der Waals surface area contributed by atoms with Crippen LogP contribution in [-0.2, 0) is 4.74 Å². The number of phenols is 3. The van der Waals surface area contributed by atoms with Crippen LogP contribution in [0.4, 0.5) is 10.5 Å². The summed E-state index contributed by atoms with van der Waals surface area (Å²) in [6, 6.07) is 2.20. The Morgan fingerprint density at radius 1 is 1.31 bits per heavy atom. The molecule has 0 spiro atoms. The summed E-state index contributed by atoms with van der Waals surface area (Å²) in [7, 11) is 0. The van der Waals surface area contributed by atoms with Gasteiger partial charge in [-0.1, -0.05) is 6.92 Å². The summed E-state index contributed by atoms with van der Waals surface area (Å²) < 4.78 is 4.73. The lowest BCUT2D eigenvalue weighted by atomic mass is 10.2. The molecule has 6 heteroatoms. The Bertz CT molecular complexity index is 368. The van der Waals surface area contributed by atoms with Crippen molar-refractivity contribution >= 4 is 11.8 Å². The van der Waals surface area contributed by atoms with E-state index in [9.17, 15) is 4.79 Å². The van der Waals surface area contributed by atoms with Gasteiger partial charge in [-0.2, -0.15) is 0 Å². The second kappa shape index (κ2) is 5.11. The molecule has 0 saturated carbocycles. The molecule has 1 aromatic carbocycles. The lowest BCUT2D eigenvalue weighted by molar-refractivity contribution is 0.161. The maximum atomic E-state index is 11.1. The highest BCUT2D eigenvalue weighted by molar-refractivity contribution is 5.85.